The molecule has 0 radical (unpaired) electrons. The van der Waals surface area contributed by atoms with Crippen LogP contribution in [0, 0.1) is 0 Å². The van der Waals surface area contributed by atoms with Gasteiger partial charge in [0, 0.05) is 16.9 Å². The molecule has 7 heteroatoms. The highest BCUT2D eigenvalue weighted by molar-refractivity contribution is 7.86. The zero-order valence-corrected chi connectivity index (χ0v) is 14.1. The standard InChI is InChI=1S/C17H20N2O4S/c1-2-6-16(17(20)14-11-12(18)9-10-15(14)19)23-24(21,22)13-7-4-3-5-8-13/h3-5,7-11,16H,2,6,18-19H2,1H3. The minimum absolute atomic E-state index is 0.000509. The molecule has 0 saturated carbocycles. The third-order valence-corrected chi connectivity index (χ3v) is 4.80. The number of rotatable bonds is 7. The van der Waals surface area contributed by atoms with Crippen LogP contribution in [-0.2, 0) is 14.3 Å². The Hall–Kier alpha value is -2.38. The number of benzene rings is 2. The van der Waals surface area contributed by atoms with Gasteiger partial charge in [-0.25, -0.2) is 0 Å². The van der Waals surface area contributed by atoms with E-state index < -0.39 is 22.0 Å². The smallest absolute Gasteiger partial charge is 0.297 e. The average molecular weight is 348 g/mol. The molecule has 0 spiro atoms. The number of nitrogens with two attached hydrogens (primary N) is 2. The second-order valence-electron chi connectivity index (χ2n) is 5.35. The lowest BCUT2D eigenvalue weighted by atomic mass is 10.0. The number of nitrogen functional groups attached to an aromatic ring is 2. The molecule has 4 N–H and O–H groups in total. The van der Waals surface area contributed by atoms with Crippen LogP contribution in [0.4, 0.5) is 11.4 Å². The normalized spacial score (nSPS) is 12.7. The van der Waals surface area contributed by atoms with Crippen molar-refractivity contribution in [1.29, 1.82) is 0 Å². The van der Waals surface area contributed by atoms with Crippen molar-refractivity contribution in [1.82, 2.24) is 0 Å². The molecular formula is C17H20N2O4S. The Labute approximate surface area is 141 Å². The molecule has 0 saturated heterocycles. The van der Waals surface area contributed by atoms with Crippen LogP contribution in [0.2, 0.25) is 0 Å². The van der Waals surface area contributed by atoms with Crippen LogP contribution >= 0.6 is 0 Å². The van der Waals surface area contributed by atoms with Gasteiger partial charge in [0.05, 0.1) is 4.90 Å². The molecule has 1 atom stereocenters. The first kappa shape index (κ1) is 18.0. The molecular weight excluding hydrogens is 328 g/mol. The first-order valence-corrected chi connectivity index (χ1v) is 8.93. The molecule has 2 rings (SSSR count). The highest BCUT2D eigenvalue weighted by atomic mass is 32.2. The first-order chi connectivity index (χ1) is 11.3. The molecule has 6 nitrogen and oxygen atoms in total. The van der Waals surface area contributed by atoms with Crippen molar-refractivity contribution in [2.24, 2.45) is 0 Å². The molecule has 2 aromatic carbocycles. The molecule has 0 heterocycles. The number of anilines is 2. The molecule has 0 fully saturated rings. The van der Waals surface area contributed by atoms with Gasteiger partial charge in [0.15, 0.2) is 5.78 Å². The van der Waals surface area contributed by atoms with Gasteiger partial charge in [-0.1, -0.05) is 31.5 Å². The molecule has 0 aliphatic rings. The Morgan fingerprint density at radius 3 is 2.42 bits per heavy atom. The Morgan fingerprint density at radius 1 is 1.12 bits per heavy atom. The summed E-state index contributed by atoms with van der Waals surface area (Å²) in [6.45, 7) is 1.83. The van der Waals surface area contributed by atoms with Gasteiger partial charge < -0.3 is 11.5 Å². The first-order valence-electron chi connectivity index (χ1n) is 7.52. The lowest BCUT2D eigenvalue weighted by Crippen LogP contribution is -2.28. The number of hydrogen-bond donors (Lipinski definition) is 2. The van der Waals surface area contributed by atoms with Crippen LogP contribution in [0.1, 0.15) is 30.1 Å². The summed E-state index contributed by atoms with van der Waals surface area (Å²) in [5.74, 6) is -0.499. The monoisotopic (exact) mass is 348 g/mol. The molecule has 0 amide bonds. The fourth-order valence-corrected chi connectivity index (χ4v) is 3.33. The lowest BCUT2D eigenvalue weighted by Gasteiger charge is -2.17. The molecule has 128 valence electrons. The fourth-order valence-electron chi connectivity index (χ4n) is 2.24. The number of hydrogen-bond acceptors (Lipinski definition) is 6. The Morgan fingerprint density at radius 2 is 1.79 bits per heavy atom. The molecule has 1 unspecified atom stereocenters. The van der Waals surface area contributed by atoms with Gasteiger partial charge in [0.25, 0.3) is 10.1 Å². The maximum absolute atomic E-state index is 12.7. The van der Waals surface area contributed by atoms with Crippen molar-refractivity contribution in [2.75, 3.05) is 11.5 Å². The van der Waals surface area contributed by atoms with E-state index in [2.05, 4.69) is 0 Å². The summed E-state index contributed by atoms with van der Waals surface area (Å²) >= 11 is 0. The molecule has 0 bridgehead atoms. The van der Waals surface area contributed by atoms with E-state index in [4.69, 9.17) is 15.7 Å². The summed E-state index contributed by atoms with van der Waals surface area (Å²) < 4.78 is 30.0. The van der Waals surface area contributed by atoms with E-state index in [9.17, 15) is 13.2 Å². The largest absolute Gasteiger partial charge is 0.399 e. The van der Waals surface area contributed by atoms with E-state index in [0.29, 0.717) is 12.1 Å². The molecule has 0 aliphatic carbocycles. The molecule has 2 aromatic rings. The van der Waals surface area contributed by atoms with Crippen molar-refractivity contribution in [3.05, 3.63) is 54.1 Å². The SMILES string of the molecule is CCCC(OS(=O)(=O)c1ccccc1)C(=O)c1cc(N)ccc1N. The Bertz CT molecular complexity index is 820. The number of Topliss-reactive ketones (excluding diaryl/α,β-unsaturated/α-hetero) is 1. The highest BCUT2D eigenvalue weighted by Crippen LogP contribution is 2.23. The summed E-state index contributed by atoms with van der Waals surface area (Å²) in [6.07, 6.45) is -0.327. The predicted octanol–water partition coefficient (Wildman–Crippen LogP) is 2.61. The van der Waals surface area contributed by atoms with Gasteiger partial charge >= 0.3 is 0 Å². The van der Waals surface area contributed by atoms with Crippen molar-refractivity contribution in [2.45, 2.75) is 30.8 Å². The minimum atomic E-state index is -4.05. The maximum Gasteiger partial charge on any atom is 0.297 e. The second kappa shape index (κ2) is 7.46. The van der Waals surface area contributed by atoms with E-state index in [0.717, 1.165) is 0 Å². The van der Waals surface area contributed by atoms with Crippen molar-refractivity contribution in [3.8, 4) is 0 Å². The number of ketones is 1. The third kappa shape index (κ3) is 4.12. The minimum Gasteiger partial charge on any atom is -0.399 e. The topological polar surface area (TPSA) is 112 Å². The third-order valence-electron chi connectivity index (χ3n) is 3.46. The summed E-state index contributed by atoms with van der Waals surface area (Å²) in [4.78, 5) is 12.7. The number of carbonyl (C=O) groups excluding carboxylic acids is 1. The quantitative estimate of drug-likeness (QED) is 0.452. The summed E-state index contributed by atoms with van der Waals surface area (Å²) in [7, 11) is -4.05. The van der Waals surface area contributed by atoms with Crippen LogP contribution in [0.5, 0.6) is 0 Å². The van der Waals surface area contributed by atoms with Gasteiger partial charge in [-0.2, -0.15) is 8.42 Å². The zero-order chi connectivity index (χ0) is 17.7. The van der Waals surface area contributed by atoms with Crippen molar-refractivity contribution >= 4 is 27.3 Å². The van der Waals surface area contributed by atoms with Gasteiger partial charge in [-0.15, -0.1) is 0 Å². The molecule has 24 heavy (non-hydrogen) atoms. The summed E-state index contributed by atoms with van der Waals surface area (Å²) in [6, 6.07) is 12.2. The van der Waals surface area contributed by atoms with Crippen LogP contribution < -0.4 is 11.5 Å². The fraction of sp³-hybridized carbons (Fsp3) is 0.235. The van der Waals surface area contributed by atoms with Crippen LogP contribution in [-0.4, -0.2) is 20.3 Å². The highest BCUT2D eigenvalue weighted by Gasteiger charge is 2.28. The zero-order valence-electron chi connectivity index (χ0n) is 13.3. The van der Waals surface area contributed by atoms with E-state index in [-0.39, 0.29) is 22.6 Å². The summed E-state index contributed by atoms with van der Waals surface area (Å²) in [5, 5.41) is 0. The molecule has 0 aromatic heterocycles. The van der Waals surface area contributed by atoms with E-state index >= 15 is 0 Å². The molecule has 0 aliphatic heterocycles. The van der Waals surface area contributed by atoms with Gasteiger partial charge in [-0.05, 0) is 36.8 Å². The van der Waals surface area contributed by atoms with Crippen LogP contribution in [0.15, 0.2) is 53.4 Å². The lowest BCUT2D eigenvalue weighted by molar-refractivity contribution is 0.0788. The van der Waals surface area contributed by atoms with Crippen LogP contribution in [0.3, 0.4) is 0 Å². The van der Waals surface area contributed by atoms with Gasteiger partial charge in [0.1, 0.15) is 6.10 Å². The van der Waals surface area contributed by atoms with Crippen molar-refractivity contribution in [3.63, 3.8) is 0 Å². The van der Waals surface area contributed by atoms with Crippen LogP contribution in [0.25, 0.3) is 0 Å². The average Bonchev–Trinajstić information content (AvgIpc) is 2.56. The van der Waals surface area contributed by atoms with Crippen molar-refractivity contribution < 1.29 is 17.4 Å². The predicted molar refractivity (Wildman–Crippen MR) is 93.0 cm³/mol. The van der Waals surface area contributed by atoms with Gasteiger partial charge in [-0.3, -0.25) is 8.98 Å². The summed E-state index contributed by atoms with van der Waals surface area (Å²) in [5.41, 5.74) is 12.3. The van der Waals surface area contributed by atoms with E-state index in [1.54, 1.807) is 24.3 Å². The maximum atomic E-state index is 12.7. The second-order valence-corrected chi connectivity index (χ2v) is 6.92. The van der Waals surface area contributed by atoms with Gasteiger partial charge in [0.2, 0.25) is 0 Å². The number of carbonyl (C=O) groups is 1. The Balaban J connectivity index is 2.32. The Kier molecular flexibility index (Phi) is 5.58. The van der Waals surface area contributed by atoms with E-state index in [1.165, 1.54) is 24.3 Å². The van der Waals surface area contributed by atoms with E-state index in [1.807, 2.05) is 6.92 Å².